The van der Waals surface area contributed by atoms with Gasteiger partial charge in [-0.2, -0.15) is 0 Å². The van der Waals surface area contributed by atoms with E-state index in [4.69, 9.17) is 9.47 Å². The number of hydrogen-bond donors (Lipinski definition) is 0. The maximum absolute atomic E-state index is 12.6. The minimum atomic E-state index is -0.481. The molecule has 0 aromatic rings. The van der Waals surface area contributed by atoms with Crippen LogP contribution in [0.15, 0.2) is 10.6 Å². The number of hydrogen-bond acceptors (Lipinski definition) is 3. The lowest BCUT2D eigenvalue weighted by molar-refractivity contribution is -0.154. The van der Waals surface area contributed by atoms with Gasteiger partial charge in [-0.3, -0.25) is 4.79 Å². The predicted molar refractivity (Wildman–Crippen MR) is 60.2 cm³/mol. The topological polar surface area (TPSA) is 38.8 Å². The number of rotatable bonds is 0. The molecule has 86 valence electrons. The summed E-state index contributed by atoms with van der Waals surface area (Å²) in [4.78, 5) is 12.6. The highest BCUT2D eigenvalue weighted by Gasteiger charge is 2.71. The highest BCUT2D eigenvalue weighted by molar-refractivity contribution is 9.11. The lowest BCUT2D eigenvalue weighted by atomic mass is 9.53. The summed E-state index contributed by atoms with van der Waals surface area (Å²) in [5.41, 5.74) is -0.868. The van der Waals surface area contributed by atoms with Gasteiger partial charge in [0, 0.05) is 12.5 Å². The molecule has 2 unspecified atom stereocenters. The van der Waals surface area contributed by atoms with Crippen LogP contribution in [0, 0.1) is 17.3 Å². The van der Waals surface area contributed by atoms with E-state index in [0.29, 0.717) is 19.1 Å². The number of ketones is 1. The second kappa shape index (κ2) is 2.79. The fourth-order valence-electron chi connectivity index (χ4n) is 3.77. The van der Waals surface area contributed by atoms with Crippen molar-refractivity contribution in [3.8, 4) is 0 Å². The maximum atomic E-state index is 12.6. The third-order valence-corrected chi connectivity index (χ3v) is 5.54. The average molecular weight is 285 g/mol. The molecule has 5 rings (SSSR count). The molecule has 2 heterocycles. The summed E-state index contributed by atoms with van der Waals surface area (Å²) in [5, 5.41) is 0. The fraction of sp³-hybridized carbons (Fsp3) is 0.750. The zero-order chi connectivity index (χ0) is 11.0. The molecule has 4 atom stereocenters. The molecular formula is C12H13BrO3. The normalized spacial score (nSPS) is 53.8. The van der Waals surface area contributed by atoms with Gasteiger partial charge in [0.1, 0.15) is 0 Å². The second-order valence-electron chi connectivity index (χ2n) is 5.40. The van der Waals surface area contributed by atoms with Crippen molar-refractivity contribution in [1.29, 1.82) is 0 Å². The first-order valence-corrected chi connectivity index (χ1v) is 6.63. The van der Waals surface area contributed by atoms with E-state index >= 15 is 0 Å². The van der Waals surface area contributed by atoms with Gasteiger partial charge in [0.05, 0.1) is 18.6 Å². The van der Waals surface area contributed by atoms with Gasteiger partial charge in [0.2, 0.25) is 0 Å². The molecule has 0 radical (unpaired) electrons. The van der Waals surface area contributed by atoms with Crippen LogP contribution in [0.25, 0.3) is 0 Å². The molecule has 16 heavy (non-hydrogen) atoms. The lowest BCUT2D eigenvalue weighted by Crippen LogP contribution is -2.61. The smallest absolute Gasteiger partial charge is 0.180 e. The number of carbonyl (C=O) groups is 1. The van der Waals surface area contributed by atoms with E-state index in [2.05, 4.69) is 22.0 Å². The van der Waals surface area contributed by atoms with E-state index in [-0.39, 0.29) is 17.1 Å². The molecule has 2 bridgehead atoms. The van der Waals surface area contributed by atoms with Crippen LogP contribution in [0.5, 0.6) is 0 Å². The van der Waals surface area contributed by atoms with Crippen molar-refractivity contribution in [2.75, 3.05) is 19.8 Å². The first kappa shape index (κ1) is 9.80. The molecular weight excluding hydrogens is 272 g/mol. The third kappa shape index (κ3) is 0.913. The van der Waals surface area contributed by atoms with E-state index in [1.807, 2.05) is 0 Å². The Labute approximate surface area is 102 Å². The van der Waals surface area contributed by atoms with Gasteiger partial charge in [0.15, 0.2) is 11.4 Å². The van der Waals surface area contributed by atoms with Crippen molar-refractivity contribution in [2.45, 2.75) is 18.4 Å². The standard InChI is InChI=1S/C12H13BrO3/c13-9-4-11-5-15-2-1-7(11)3-8(9)12(6-16-12)10(11)14/h4,7-8H,1-3,5-6H2/t7?,8?,11-,12-/m1/s1. The molecule has 3 fully saturated rings. The quantitative estimate of drug-likeness (QED) is 0.635. The molecule has 0 aromatic heterocycles. The Bertz CT molecular complexity index is 412. The van der Waals surface area contributed by atoms with Crippen molar-refractivity contribution < 1.29 is 14.3 Å². The Kier molecular flexibility index (Phi) is 1.71. The average Bonchev–Trinajstić information content (AvgIpc) is 3.06. The van der Waals surface area contributed by atoms with Crippen LogP contribution < -0.4 is 0 Å². The molecule has 2 aliphatic heterocycles. The monoisotopic (exact) mass is 284 g/mol. The Morgan fingerprint density at radius 1 is 1.44 bits per heavy atom. The summed E-state index contributed by atoms with van der Waals surface area (Å²) >= 11 is 3.62. The Morgan fingerprint density at radius 2 is 2.25 bits per heavy atom. The zero-order valence-corrected chi connectivity index (χ0v) is 10.5. The van der Waals surface area contributed by atoms with Crippen LogP contribution in [0.2, 0.25) is 0 Å². The fourth-order valence-corrected chi connectivity index (χ4v) is 4.73. The Balaban J connectivity index is 1.89. The van der Waals surface area contributed by atoms with Crippen LogP contribution in [0.1, 0.15) is 12.8 Å². The van der Waals surface area contributed by atoms with Crippen LogP contribution in [-0.2, 0) is 14.3 Å². The summed E-state index contributed by atoms with van der Waals surface area (Å²) in [6, 6.07) is 0. The van der Waals surface area contributed by atoms with Gasteiger partial charge in [-0.15, -0.1) is 0 Å². The molecule has 2 saturated heterocycles. The second-order valence-corrected chi connectivity index (χ2v) is 6.32. The summed E-state index contributed by atoms with van der Waals surface area (Å²) in [6.07, 6.45) is 4.20. The summed E-state index contributed by atoms with van der Waals surface area (Å²) in [6.45, 7) is 1.95. The third-order valence-electron chi connectivity index (χ3n) is 4.75. The molecule has 0 aromatic carbocycles. The van der Waals surface area contributed by atoms with Crippen LogP contribution in [0.4, 0.5) is 0 Å². The molecule has 3 nitrogen and oxygen atoms in total. The van der Waals surface area contributed by atoms with Crippen LogP contribution >= 0.6 is 15.9 Å². The summed E-state index contributed by atoms with van der Waals surface area (Å²) < 4.78 is 12.2. The van der Waals surface area contributed by atoms with Crippen LogP contribution in [-0.4, -0.2) is 31.2 Å². The van der Waals surface area contributed by atoms with Crippen molar-refractivity contribution >= 4 is 21.7 Å². The van der Waals surface area contributed by atoms with Crippen molar-refractivity contribution in [3.05, 3.63) is 10.6 Å². The minimum Gasteiger partial charge on any atom is -0.380 e. The Hall–Kier alpha value is -0.190. The molecule has 0 amide bonds. The molecule has 0 N–H and O–H groups in total. The number of Topliss-reactive ketones (excluding diaryl/α,β-unsaturated/α-hetero) is 1. The van der Waals surface area contributed by atoms with E-state index in [1.54, 1.807) is 0 Å². The number of carbonyl (C=O) groups excluding carboxylic acids is 1. The van der Waals surface area contributed by atoms with Gasteiger partial charge < -0.3 is 9.47 Å². The van der Waals surface area contributed by atoms with Crippen molar-refractivity contribution in [1.82, 2.24) is 0 Å². The zero-order valence-electron chi connectivity index (χ0n) is 8.87. The number of epoxide rings is 1. The van der Waals surface area contributed by atoms with Gasteiger partial charge in [-0.1, -0.05) is 22.0 Å². The molecule has 3 aliphatic carbocycles. The lowest BCUT2D eigenvalue weighted by Gasteiger charge is -2.52. The molecule has 5 aliphatic rings. The number of ether oxygens (including phenoxy) is 2. The number of halogens is 1. The SMILES string of the molecule is O=C1[C@@]23C=C(Br)C(CC2CCOC3)[C@]12CO2. The highest BCUT2D eigenvalue weighted by Crippen LogP contribution is 2.62. The maximum Gasteiger partial charge on any atom is 0.180 e. The first-order valence-electron chi connectivity index (χ1n) is 5.84. The van der Waals surface area contributed by atoms with E-state index in [0.717, 1.165) is 23.9 Å². The van der Waals surface area contributed by atoms with Gasteiger partial charge in [-0.25, -0.2) is 0 Å². The first-order chi connectivity index (χ1) is 7.69. The molecule has 2 spiro atoms. The largest absolute Gasteiger partial charge is 0.380 e. The van der Waals surface area contributed by atoms with Crippen LogP contribution in [0.3, 0.4) is 0 Å². The highest BCUT2D eigenvalue weighted by atomic mass is 79.9. The van der Waals surface area contributed by atoms with Gasteiger partial charge in [0.25, 0.3) is 0 Å². The molecule has 4 heteroatoms. The van der Waals surface area contributed by atoms with Crippen molar-refractivity contribution in [2.24, 2.45) is 17.3 Å². The van der Waals surface area contributed by atoms with E-state index in [1.165, 1.54) is 0 Å². The molecule has 1 saturated carbocycles. The van der Waals surface area contributed by atoms with E-state index < -0.39 is 5.60 Å². The summed E-state index contributed by atoms with van der Waals surface area (Å²) in [5.74, 6) is 1.02. The summed E-state index contributed by atoms with van der Waals surface area (Å²) in [7, 11) is 0. The van der Waals surface area contributed by atoms with Crippen molar-refractivity contribution in [3.63, 3.8) is 0 Å². The van der Waals surface area contributed by atoms with Gasteiger partial charge >= 0.3 is 0 Å². The predicted octanol–water partition coefficient (Wildman–Crippen LogP) is 1.66. The minimum absolute atomic E-state index is 0.268. The Morgan fingerprint density at radius 3 is 3.00 bits per heavy atom. The van der Waals surface area contributed by atoms with E-state index in [9.17, 15) is 4.79 Å². The van der Waals surface area contributed by atoms with Gasteiger partial charge in [-0.05, 0) is 23.2 Å².